The van der Waals surface area contributed by atoms with Gasteiger partial charge in [-0.1, -0.05) is 30.3 Å². The number of hydrogen-bond acceptors (Lipinski definition) is 8. The number of aliphatic hydroxyl groups excluding tert-OH is 2. The van der Waals surface area contributed by atoms with Crippen molar-refractivity contribution < 1.29 is 38.7 Å². The first kappa shape index (κ1) is 25.7. The van der Waals surface area contributed by atoms with Crippen LogP contribution in [-0.2, 0) is 11.3 Å². The van der Waals surface area contributed by atoms with E-state index in [1.165, 1.54) is 21.3 Å². The molecule has 0 spiro atoms. The molecule has 0 bridgehead atoms. The van der Waals surface area contributed by atoms with Crippen LogP contribution in [0.3, 0.4) is 0 Å². The SMILES string of the molecule is COc1cc(C2c3cc4c(cc3C(O)C(CO)C2C(=O)NCc2ccccc2)OCO4)cc(OC)c1OC. The van der Waals surface area contributed by atoms with E-state index in [2.05, 4.69) is 5.32 Å². The van der Waals surface area contributed by atoms with Gasteiger partial charge in [0.05, 0.1) is 33.4 Å². The first-order valence-electron chi connectivity index (χ1n) is 12.3. The molecule has 38 heavy (non-hydrogen) atoms. The van der Waals surface area contributed by atoms with Crippen LogP contribution in [0.4, 0.5) is 0 Å². The summed E-state index contributed by atoms with van der Waals surface area (Å²) in [4.78, 5) is 13.9. The number of carbonyl (C=O) groups excluding carboxylic acids is 1. The average molecular weight is 522 g/mol. The van der Waals surface area contributed by atoms with Gasteiger partial charge in [0.1, 0.15) is 0 Å². The monoisotopic (exact) mass is 521 g/mol. The van der Waals surface area contributed by atoms with Gasteiger partial charge < -0.3 is 39.2 Å². The Balaban J connectivity index is 1.66. The van der Waals surface area contributed by atoms with Crippen LogP contribution in [0.15, 0.2) is 54.6 Å². The number of carbonyl (C=O) groups is 1. The summed E-state index contributed by atoms with van der Waals surface area (Å²) in [5, 5.41) is 24.9. The first-order chi connectivity index (χ1) is 18.5. The van der Waals surface area contributed by atoms with Gasteiger partial charge in [-0.25, -0.2) is 0 Å². The Hall–Kier alpha value is -3.95. The van der Waals surface area contributed by atoms with E-state index in [1.54, 1.807) is 24.3 Å². The standard InChI is InChI=1S/C29H31NO8/c1-34-23-9-17(10-24(35-2)28(23)36-3)25-18-11-21-22(38-15-37-21)12-19(18)27(32)20(14-31)26(25)29(33)30-13-16-7-5-4-6-8-16/h4-12,20,25-27,31-32H,13-15H2,1-3H3,(H,30,33). The Morgan fingerprint density at radius 3 is 2.16 bits per heavy atom. The lowest BCUT2D eigenvalue weighted by Crippen LogP contribution is -2.45. The zero-order valence-corrected chi connectivity index (χ0v) is 21.5. The number of amides is 1. The fourth-order valence-electron chi connectivity index (χ4n) is 5.50. The van der Waals surface area contributed by atoms with Gasteiger partial charge in [0.15, 0.2) is 23.0 Å². The maximum absolute atomic E-state index is 13.9. The van der Waals surface area contributed by atoms with E-state index in [9.17, 15) is 15.0 Å². The van der Waals surface area contributed by atoms with Crippen molar-refractivity contribution in [2.24, 2.45) is 11.8 Å². The van der Waals surface area contributed by atoms with Gasteiger partial charge in [0, 0.05) is 25.0 Å². The second-order valence-electron chi connectivity index (χ2n) is 9.29. The molecule has 3 aromatic carbocycles. The fourth-order valence-corrected chi connectivity index (χ4v) is 5.50. The van der Waals surface area contributed by atoms with Crippen LogP contribution in [0, 0.1) is 11.8 Å². The summed E-state index contributed by atoms with van der Waals surface area (Å²) in [6, 6.07) is 16.7. The molecule has 2 aliphatic rings. The molecule has 200 valence electrons. The van der Waals surface area contributed by atoms with E-state index in [-0.39, 0.29) is 12.7 Å². The third-order valence-electron chi connectivity index (χ3n) is 7.33. The van der Waals surface area contributed by atoms with Gasteiger partial charge >= 0.3 is 0 Å². The van der Waals surface area contributed by atoms with Crippen LogP contribution in [0.2, 0.25) is 0 Å². The molecule has 1 aliphatic carbocycles. The molecule has 0 saturated carbocycles. The quantitative estimate of drug-likeness (QED) is 0.414. The maximum Gasteiger partial charge on any atom is 0.231 e. The highest BCUT2D eigenvalue weighted by Gasteiger charge is 2.47. The Morgan fingerprint density at radius 1 is 0.947 bits per heavy atom. The highest BCUT2D eigenvalue weighted by atomic mass is 16.7. The Morgan fingerprint density at radius 2 is 1.58 bits per heavy atom. The van der Waals surface area contributed by atoms with Gasteiger partial charge in [-0.15, -0.1) is 0 Å². The summed E-state index contributed by atoms with van der Waals surface area (Å²) < 4.78 is 27.9. The molecule has 0 saturated heterocycles. The highest BCUT2D eigenvalue weighted by Crippen LogP contribution is 2.53. The second kappa shape index (κ2) is 10.8. The van der Waals surface area contributed by atoms with Crippen molar-refractivity contribution in [3.63, 3.8) is 0 Å². The lowest BCUT2D eigenvalue weighted by atomic mass is 9.64. The van der Waals surface area contributed by atoms with Crippen molar-refractivity contribution in [3.05, 3.63) is 76.9 Å². The molecule has 3 N–H and O–H groups in total. The zero-order chi connectivity index (χ0) is 26.8. The summed E-state index contributed by atoms with van der Waals surface area (Å²) in [6.45, 7) is -0.0344. The predicted molar refractivity (Wildman–Crippen MR) is 138 cm³/mol. The van der Waals surface area contributed by atoms with E-state index in [0.29, 0.717) is 52.0 Å². The fraction of sp³-hybridized carbons (Fsp3) is 0.345. The molecule has 4 atom stereocenters. The number of aliphatic hydroxyl groups is 2. The third-order valence-corrected chi connectivity index (χ3v) is 7.33. The smallest absolute Gasteiger partial charge is 0.231 e. The number of nitrogens with one attached hydrogen (secondary N) is 1. The summed E-state index contributed by atoms with van der Waals surface area (Å²) in [7, 11) is 4.57. The van der Waals surface area contributed by atoms with Gasteiger partial charge in [0.2, 0.25) is 18.4 Å². The molecule has 0 radical (unpaired) electrons. The van der Waals surface area contributed by atoms with Crippen LogP contribution in [0.1, 0.15) is 34.3 Å². The summed E-state index contributed by atoms with van der Waals surface area (Å²) in [5.74, 6) is -0.173. The lowest BCUT2D eigenvalue weighted by molar-refractivity contribution is -0.131. The minimum atomic E-state index is -1.10. The van der Waals surface area contributed by atoms with Gasteiger partial charge in [0.25, 0.3) is 0 Å². The van der Waals surface area contributed by atoms with Gasteiger partial charge in [-0.2, -0.15) is 0 Å². The molecule has 9 nitrogen and oxygen atoms in total. The number of fused-ring (bicyclic) bond motifs is 2. The van der Waals surface area contributed by atoms with Crippen molar-refractivity contribution in [2.45, 2.75) is 18.6 Å². The minimum Gasteiger partial charge on any atom is -0.493 e. The van der Waals surface area contributed by atoms with E-state index in [1.807, 2.05) is 30.3 Å². The van der Waals surface area contributed by atoms with E-state index in [0.717, 1.165) is 5.56 Å². The predicted octanol–water partition coefficient (Wildman–Crippen LogP) is 3.16. The summed E-state index contributed by atoms with van der Waals surface area (Å²) >= 11 is 0. The number of hydrogen-bond donors (Lipinski definition) is 3. The van der Waals surface area contributed by atoms with Crippen LogP contribution in [0.5, 0.6) is 28.7 Å². The highest BCUT2D eigenvalue weighted by molar-refractivity contribution is 5.82. The average Bonchev–Trinajstić information content (AvgIpc) is 3.42. The van der Waals surface area contributed by atoms with Crippen molar-refractivity contribution in [1.82, 2.24) is 5.32 Å². The Bertz CT molecular complexity index is 1290. The zero-order valence-electron chi connectivity index (χ0n) is 21.5. The largest absolute Gasteiger partial charge is 0.493 e. The second-order valence-corrected chi connectivity index (χ2v) is 9.29. The van der Waals surface area contributed by atoms with Crippen molar-refractivity contribution in [3.8, 4) is 28.7 Å². The first-order valence-corrected chi connectivity index (χ1v) is 12.3. The van der Waals surface area contributed by atoms with E-state index < -0.39 is 30.5 Å². The molecule has 0 fully saturated rings. The third kappa shape index (κ3) is 4.48. The molecule has 3 aromatic rings. The minimum absolute atomic E-state index is 0.0631. The number of ether oxygens (including phenoxy) is 5. The number of rotatable bonds is 8. The normalized spacial score (nSPS) is 21.4. The lowest BCUT2D eigenvalue weighted by Gasteiger charge is -2.41. The number of benzene rings is 3. The van der Waals surface area contributed by atoms with Crippen LogP contribution in [0.25, 0.3) is 0 Å². The van der Waals surface area contributed by atoms with Crippen LogP contribution in [-0.4, -0.2) is 50.8 Å². The van der Waals surface area contributed by atoms with Crippen LogP contribution >= 0.6 is 0 Å². The van der Waals surface area contributed by atoms with Crippen LogP contribution < -0.4 is 29.0 Å². The molecular formula is C29H31NO8. The molecule has 1 amide bonds. The topological polar surface area (TPSA) is 116 Å². The summed E-state index contributed by atoms with van der Waals surface area (Å²) in [5.41, 5.74) is 2.90. The van der Waals surface area contributed by atoms with Gasteiger partial charge in [-0.3, -0.25) is 4.79 Å². The van der Waals surface area contributed by atoms with E-state index >= 15 is 0 Å². The molecule has 4 unspecified atom stereocenters. The molecular weight excluding hydrogens is 490 g/mol. The number of methoxy groups -OCH3 is 3. The molecule has 0 aromatic heterocycles. The Kier molecular flexibility index (Phi) is 7.31. The Labute approximate surface area is 220 Å². The molecule has 9 heteroatoms. The van der Waals surface area contributed by atoms with Crippen molar-refractivity contribution in [1.29, 1.82) is 0 Å². The van der Waals surface area contributed by atoms with Crippen molar-refractivity contribution >= 4 is 5.91 Å². The van der Waals surface area contributed by atoms with Crippen molar-refractivity contribution in [2.75, 3.05) is 34.7 Å². The van der Waals surface area contributed by atoms with E-state index in [4.69, 9.17) is 23.7 Å². The molecule has 1 heterocycles. The van der Waals surface area contributed by atoms with Gasteiger partial charge in [-0.05, 0) is 46.5 Å². The summed E-state index contributed by atoms with van der Waals surface area (Å²) in [6.07, 6.45) is -1.10. The maximum atomic E-state index is 13.9. The molecule has 5 rings (SSSR count). The molecule has 1 aliphatic heterocycles.